The van der Waals surface area contributed by atoms with Crippen LogP contribution in [0, 0.1) is 0 Å². The van der Waals surface area contributed by atoms with E-state index in [2.05, 4.69) is 6.92 Å². The van der Waals surface area contributed by atoms with E-state index in [0.29, 0.717) is 39.5 Å². The molecule has 0 spiro atoms. The maximum Gasteiger partial charge on any atom is 0.0704 e. The highest BCUT2D eigenvalue weighted by Crippen LogP contribution is 2.03. The summed E-state index contributed by atoms with van der Waals surface area (Å²) >= 11 is 0. The quantitative estimate of drug-likeness (QED) is 0.414. The van der Waals surface area contributed by atoms with E-state index in [9.17, 15) is 5.11 Å². The van der Waals surface area contributed by atoms with Crippen molar-refractivity contribution >= 4 is 0 Å². The number of ether oxygens (including phenoxy) is 3. The molecule has 0 heterocycles. The summed E-state index contributed by atoms with van der Waals surface area (Å²) < 4.78 is 16.2. The number of aliphatic hydroxyl groups is 1. The van der Waals surface area contributed by atoms with Gasteiger partial charge in [-0.25, -0.2) is 0 Å². The molecule has 0 aromatic rings. The van der Waals surface area contributed by atoms with Gasteiger partial charge < -0.3 is 19.3 Å². The summed E-state index contributed by atoms with van der Waals surface area (Å²) in [6, 6.07) is 0. The second-order valence-corrected chi connectivity index (χ2v) is 4.76. The first-order valence-corrected chi connectivity index (χ1v) is 7.23. The maximum atomic E-state index is 9.19. The Morgan fingerprint density at radius 1 is 1.05 bits per heavy atom. The summed E-state index contributed by atoms with van der Waals surface area (Å²) in [5, 5.41) is 9.19. The second kappa shape index (κ2) is 14.0. The molecule has 0 saturated carbocycles. The molecule has 19 heavy (non-hydrogen) atoms. The van der Waals surface area contributed by atoms with Crippen LogP contribution in [0.4, 0.5) is 0 Å². The third-order valence-corrected chi connectivity index (χ3v) is 2.55. The lowest BCUT2D eigenvalue weighted by Gasteiger charge is -2.06. The zero-order valence-corrected chi connectivity index (χ0v) is 12.7. The molecule has 0 radical (unpaired) electrons. The molecule has 1 unspecified atom stereocenters. The minimum absolute atomic E-state index is 0.285. The van der Waals surface area contributed by atoms with E-state index in [0.717, 1.165) is 25.0 Å². The van der Waals surface area contributed by atoms with Crippen LogP contribution in [-0.4, -0.2) is 50.9 Å². The summed E-state index contributed by atoms with van der Waals surface area (Å²) in [6.45, 7) is 9.81. The van der Waals surface area contributed by atoms with Crippen molar-refractivity contribution in [2.45, 2.75) is 46.1 Å². The Kier molecular flexibility index (Phi) is 13.7. The van der Waals surface area contributed by atoms with E-state index < -0.39 is 0 Å². The van der Waals surface area contributed by atoms with Crippen LogP contribution in [0.3, 0.4) is 0 Å². The van der Waals surface area contributed by atoms with E-state index in [1.54, 1.807) is 6.92 Å². The highest BCUT2D eigenvalue weighted by molar-refractivity contribution is 4.99. The van der Waals surface area contributed by atoms with Crippen LogP contribution >= 0.6 is 0 Å². The summed E-state index contributed by atoms with van der Waals surface area (Å²) in [7, 11) is 0. The number of hydrogen-bond acceptors (Lipinski definition) is 4. The molecule has 4 nitrogen and oxygen atoms in total. The predicted octanol–water partition coefficient (Wildman–Crippen LogP) is 2.55. The second-order valence-electron chi connectivity index (χ2n) is 4.76. The van der Waals surface area contributed by atoms with Crippen LogP contribution in [0.25, 0.3) is 0 Å². The van der Waals surface area contributed by atoms with Crippen molar-refractivity contribution in [2.75, 3.05) is 39.6 Å². The Balaban J connectivity index is 3.18. The molecule has 1 atom stereocenters. The maximum absolute atomic E-state index is 9.19. The van der Waals surface area contributed by atoms with E-state index in [-0.39, 0.29) is 6.10 Å². The van der Waals surface area contributed by atoms with Crippen LogP contribution in [0.5, 0.6) is 0 Å². The summed E-state index contributed by atoms with van der Waals surface area (Å²) in [6.07, 6.45) is 4.69. The van der Waals surface area contributed by atoms with Gasteiger partial charge in [0.1, 0.15) is 0 Å². The third-order valence-electron chi connectivity index (χ3n) is 2.55. The first-order chi connectivity index (χ1) is 9.16. The first-order valence-electron chi connectivity index (χ1n) is 7.23. The standard InChI is InChI=1S/C15H30O4/c1-4-5-7-17-9-11-19-12-10-18-8-6-14(2)13-15(3)16/h6,15-16H,4-5,7-13H2,1-3H3. The van der Waals surface area contributed by atoms with Crippen LogP contribution in [0.15, 0.2) is 11.6 Å². The summed E-state index contributed by atoms with van der Waals surface area (Å²) in [5.74, 6) is 0. The largest absolute Gasteiger partial charge is 0.393 e. The number of unbranched alkanes of at least 4 members (excludes halogenated alkanes) is 1. The molecule has 0 aliphatic rings. The highest BCUT2D eigenvalue weighted by Gasteiger charge is 1.96. The van der Waals surface area contributed by atoms with Crippen LogP contribution in [0.1, 0.15) is 40.0 Å². The highest BCUT2D eigenvalue weighted by atomic mass is 16.5. The van der Waals surface area contributed by atoms with Crippen LogP contribution < -0.4 is 0 Å². The molecule has 0 aliphatic heterocycles. The van der Waals surface area contributed by atoms with Crippen molar-refractivity contribution in [3.05, 3.63) is 11.6 Å². The third kappa shape index (κ3) is 15.5. The molecule has 0 amide bonds. The topological polar surface area (TPSA) is 47.9 Å². The first kappa shape index (κ1) is 18.6. The zero-order chi connectivity index (χ0) is 14.3. The lowest BCUT2D eigenvalue weighted by Crippen LogP contribution is -2.10. The normalized spacial score (nSPS) is 13.8. The van der Waals surface area contributed by atoms with Gasteiger partial charge in [-0.2, -0.15) is 0 Å². The van der Waals surface area contributed by atoms with E-state index in [1.165, 1.54) is 0 Å². The lowest BCUT2D eigenvalue weighted by molar-refractivity contribution is 0.0189. The Bertz CT molecular complexity index is 214. The van der Waals surface area contributed by atoms with Crippen LogP contribution in [-0.2, 0) is 14.2 Å². The van der Waals surface area contributed by atoms with E-state index >= 15 is 0 Å². The fraction of sp³-hybridized carbons (Fsp3) is 0.867. The van der Waals surface area contributed by atoms with Gasteiger partial charge in [0.15, 0.2) is 0 Å². The monoisotopic (exact) mass is 274 g/mol. The Labute approximate surface area is 117 Å². The molecule has 1 N–H and O–H groups in total. The minimum Gasteiger partial charge on any atom is -0.393 e. The fourth-order valence-electron chi connectivity index (χ4n) is 1.52. The van der Waals surface area contributed by atoms with Gasteiger partial charge in [-0.05, 0) is 26.7 Å². The number of aliphatic hydroxyl groups excluding tert-OH is 1. The van der Waals surface area contributed by atoms with Gasteiger partial charge in [-0.1, -0.05) is 25.0 Å². The number of rotatable bonds is 13. The molecule has 0 fully saturated rings. The lowest BCUT2D eigenvalue weighted by atomic mass is 10.1. The van der Waals surface area contributed by atoms with E-state index in [4.69, 9.17) is 14.2 Å². The van der Waals surface area contributed by atoms with Crippen molar-refractivity contribution in [3.8, 4) is 0 Å². The summed E-state index contributed by atoms with van der Waals surface area (Å²) in [4.78, 5) is 0. The molecule has 114 valence electrons. The molecule has 0 bridgehead atoms. The summed E-state index contributed by atoms with van der Waals surface area (Å²) in [5.41, 5.74) is 1.15. The van der Waals surface area contributed by atoms with Gasteiger partial charge >= 0.3 is 0 Å². The smallest absolute Gasteiger partial charge is 0.0704 e. The average Bonchev–Trinajstić information content (AvgIpc) is 2.35. The van der Waals surface area contributed by atoms with Crippen LogP contribution in [0.2, 0.25) is 0 Å². The van der Waals surface area contributed by atoms with E-state index in [1.807, 2.05) is 13.0 Å². The van der Waals surface area contributed by atoms with Crippen molar-refractivity contribution in [1.29, 1.82) is 0 Å². The van der Waals surface area contributed by atoms with Gasteiger partial charge in [0.25, 0.3) is 0 Å². The predicted molar refractivity (Wildman–Crippen MR) is 77.4 cm³/mol. The zero-order valence-electron chi connectivity index (χ0n) is 12.7. The van der Waals surface area contributed by atoms with Crippen molar-refractivity contribution in [3.63, 3.8) is 0 Å². The number of hydrogen-bond donors (Lipinski definition) is 1. The van der Waals surface area contributed by atoms with Gasteiger partial charge in [0.2, 0.25) is 0 Å². The molecular weight excluding hydrogens is 244 g/mol. The molecule has 0 aliphatic carbocycles. The van der Waals surface area contributed by atoms with Gasteiger partial charge in [0, 0.05) is 6.61 Å². The fourth-order valence-corrected chi connectivity index (χ4v) is 1.52. The van der Waals surface area contributed by atoms with Crippen molar-refractivity contribution < 1.29 is 19.3 Å². The molecule has 0 aromatic heterocycles. The van der Waals surface area contributed by atoms with Crippen molar-refractivity contribution in [1.82, 2.24) is 0 Å². The van der Waals surface area contributed by atoms with Crippen molar-refractivity contribution in [2.24, 2.45) is 0 Å². The molecule has 0 aromatic carbocycles. The average molecular weight is 274 g/mol. The molecule has 0 rings (SSSR count). The van der Waals surface area contributed by atoms with Gasteiger partial charge in [0.05, 0.1) is 39.1 Å². The minimum atomic E-state index is -0.285. The Morgan fingerprint density at radius 3 is 2.21 bits per heavy atom. The Morgan fingerprint density at radius 2 is 1.63 bits per heavy atom. The SMILES string of the molecule is CCCCOCCOCCOCC=C(C)CC(C)O. The molecular formula is C15H30O4. The van der Waals surface area contributed by atoms with Gasteiger partial charge in [-0.15, -0.1) is 0 Å². The van der Waals surface area contributed by atoms with Gasteiger partial charge in [-0.3, -0.25) is 0 Å². The molecule has 0 saturated heterocycles. The molecule has 4 heteroatoms. The Hall–Kier alpha value is -0.420.